The molecule has 11 heteroatoms. The molecule has 0 spiro atoms. The highest BCUT2D eigenvalue weighted by Crippen LogP contribution is 2.47. The number of benzene rings is 3. The Hall–Kier alpha value is -3.67. The molecule has 218 valence electrons. The lowest BCUT2D eigenvalue weighted by atomic mass is 9.82. The van der Waals surface area contributed by atoms with Gasteiger partial charge >= 0.3 is 5.97 Å². The summed E-state index contributed by atoms with van der Waals surface area (Å²) in [6.45, 7) is 3.10. The molecule has 1 unspecified atom stereocenters. The summed E-state index contributed by atoms with van der Waals surface area (Å²) in [7, 11) is -2.32. The second-order valence-electron chi connectivity index (χ2n) is 10.2. The maximum Gasteiger partial charge on any atom is 0.309 e. The van der Waals surface area contributed by atoms with Gasteiger partial charge in [-0.3, -0.25) is 9.69 Å². The van der Waals surface area contributed by atoms with Crippen LogP contribution in [-0.2, 0) is 14.8 Å². The van der Waals surface area contributed by atoms with Gasteiger partial charge in [-0.15, -0.1) is 0 Å². The van der Waals surface area contributed by atoms with Gasteiger partial charge in [0.25, 0.3) is 0 Å². The number of ether oxygens (including phenoxy) is 3. The number of carboxylic acid groups (broad SMARTS) is 1. The highest BCUT2D eigenvalue weighted by Gasteiger charge is 2.47. The summed E-state index contributed by atoms with van der Waals surface area (Å²) < 4.78 is 58.1. The van der Waals surface area contributed by atoms with Gasteiger partial charge in [0.2, 0.25) is 16.8 Å². The average Bonchev–Trinajstić information content (AvgIpc) is 3.60. The van der Waals surface area contributed by atoms with E-state index in [0.29, 0.717) is 36.8 Å². The molecule has 1 saturated heterocycles. The monoisotopic (exact) mass is 584 g/mol. The van der Waals surface area contributed by atoms with Crippen molar-refractivity contribution in [1.82, 2.24) is 9.21 Å². The van der Waals surface area contributed by atoms with Crippen molar-refractivity contribution in [3.05, 3.63) is 83.7 Å². The van der Waals surface area contributed by atoms with Crippen LogP contribution in [0.1, 0.15) is 36.4 Å². The Morgan fingerprint density at radius 2 is 1.71 bits per heavy atom. The molecule has 0 amide bonds. The first-order valence-electron chi connectivity index (χ1n) is 13.5. The van der Waals surface area contributed by atoms with Crippen molar-refractivity contribution in [3.8, 4) is 17.2 Å². The predicted molar refractivity (Wildman–Crippen MR) is 149 cm³/mol. The molecule has 2 aliphatic rings. The first kappa shape index (κ1) is 28.8. The summed E-state index contributed by atoms with van der Waals surface area (Å²) in [6.07, 6.45) is 0.583. The summed E-state index contributed by atoms with van der Waals surface area (Å²) in [5.41, 5.74) is 1.61. The van der Waals surface area contributed by atoms with E-state index in [4.69, 9.17) is 14.2 Å². The second kappa shape index (κ2) is 12.1. The standard InChI is InChI=1S/C30H33FN2O7S/c1-3-14-33(41(36,37)24-11-7-22(31)8-12-24)16-15-32-18-25(21-6-13-26-27(17-21)40-19-39-26)28(30(34)35)29(32)20-4-9-23(38-2)10-5-20/h4-13,17,25,28-29H,3,14-16,18-19H2,1-2H3,(H,34,35)/t25?,28-,29+/m0/s1. The molecule has 2 aliphatic heterocycles. The lowest BCUT2D eigenvalue weighted by Crippen LogP contribution is -2.39. The Bertz CT molecular complexity index is 1480. The fourth-order valence-corrected chi connectivity index (χ4v) is 7.26. The normalized spacial score (nSPS) is 20.4. The van der Waals surface area contributed by atoms with E-state index in [2.05, 4.69) is 0 Å². The minimum atomic E-state index is -3.89. The molecule has 1 fully saturated rings. The van der Waals surface area contributed by atoms with Crippen LogP contribution < -0.4 is 14.2 Å². The third kappa shape index (κ3) is 5.88. The Labute approximate surface area is 239 Å². The second-order valence-corrected chi connectivity index (χ2v) is 12.1. The molecule has 2 heterocycles. The quantitative estimate of drug-likeness (QED) is 0.351. The summed E-state index contributed by atoms with van der Waals surface area (Å²) in [5.74, 6) is -0.814. The van der Waals surface area contributed by atoms with Crippen molar-refractivity contribution in [1.29, 1.82) is 0 Å². The van der Waals surface area contributed by atoms with E-state index in [9.17, 15) is 22.7 Å². The molecule has 3 aromatic carbocycles. The molecule has 0 saturated carbocycles. The van der Waals surface area contributed by atoms with E-state index < -0.39 is 33.8 Å². The van der Waals surface area contributed by atoms with Crippen molar-refractivity contribution in [2.75, 3.05) is 40.1 Å². The van der Waals surface area contributed by atoms with Crippen molar-refractivity contribution in [2.24, 2.45) is 5.92 Å². The number of fused-ring (bicyclic) bond motifs is 1. The Kier molecular flexibility index (Phi) is 8.48. The maximum atomic E-state index is 13.5. The molecular formula is C30H33FN2O7S. The number of sulfonamides is 1. The van der Waals surface area contributed by atoms with E-state index in [0.717, 1.165) is 23.3 Å². The predicted octanol–water partition coefficient (Wildman–Crippen LogP) is 4.51. The lowest BCUT2D eigenvalue weighted by Gasteiger charge is -2.30. The van der Waals surface area contributed by atoms with Gasteiger partial charge in [0, 0.05) is 38.1 Å². The smallest absolute Gasteiger partial charge is 0.309 e. The zero-order valence-electron chi connectivity index (χ0n) is 22.9. The third-order valence-electron chi connectivity index (χ3n) is 7.73. The van der Waals surface area contributed by atoms with Crippen molar-refractivity contribution in [3.63, 3.8) is 0 Å². The molecule has 3 atom stereocenters. The highest BCUT2D eigenvalue weighted by molar-refractivity contribution is 7.89. The highest BCUT2D eigenvalue weighted by atomic mass is 32.2. The largest absolute Gasteiger partial charge is 0.497 e. The van der Waals surface area contributed by atoms with Crippen LogP contribution in [0.15, 0.2) is 71.6 Å². The molecule has 9 nitrogen and oxygen atoms in total. The fraction of sp³-hybridized carbons (Fsp3) is 0.367. The van der Waals surface area contributed by atoms with E-state index in [1.54, 1.807) is 25.3 Å². The summed E-state index contributed by atoms with van der Waals surface area (Å²) in [5, 5.41) is 10.5. The number of carbonyl (C=O) groups is 1. The van der Waals surface area contributed by atoms with Crippen molar-refractivity contribution >= 4 is 16.0 Å². The molecule has 0 aromatic heterocycles. The number of aliphatic carboxylic acids is 1. The van der Waals surface area contributed by atoms with Crippen LogP contribution >= 0.6 is 0 Å². The summed E-state index contributed by atoms with van der Waals surface area (Å²) in [6, 6.07) is 17.1. The van der Waals surface area contributed by atoms with Gasteiger partial charge in [0.05, 0.1) is 17.9 Å². The van der Waals surface area contributed by atoms with Crippen LogP contribution in [0.25, 0.3) is 0 Å². The number of hydrogen-bond acceptors (Lipinski definition) is 7. The Morgan fingerprint density at radius 1 is 1.02 bits per heavy atom. The Morgan fingerprint density at radius 3 is 2.37 bits per heavy atom. The van der Waals surface area contributed by atoms with Crippen molar-refractivity contribution in [2.45, 2.75) is 30.2 Å². The number of halogens is 1. The number of nitrogens with zero attached hydrogens (tertiary/aromatic N) is 2. The third-order valence-corrected chi connectivity index (χ3v) is 9.64. The van der Waals surface area contributed by atoms with Gasteiger partial charge in [0.1, 0.15) is 11.6 Å². The average molecular weight is 585 g/mol. The van der Waals surface area contributed by atoms with Gasteiger partial charge in [0.15, 0.2) is 11.5 Å². The summed E-state index contributed by atoms with van der Waals surface area (Å²) in [4.78, 5) is 14.9. The van der Waals surface area contributed by atoms with Crippen molar-refractivity contribution < 1.29 is 36.9 Å². The maximum absolute atomic E-state index is 13.5. The van der Waals surface area contributed by atoms with Gasteiger partial charge in [-0.1, -0.05) is 25.1 Å². The first-order valence-corrected chi connectivity index (χ1v) is 14.9. The number of rotatable bonds is 11. The van der Waals surface area contributed by atoms with Crippen LogP contribution in [0.3, 0.4) is 0 Å². The van der Waals surface area contributed by atoms with E-state index in [1.165, 1.54) is 16.4 Å². The minimum Gasteiger partial charge on any atom is -0.497 e. The SMILES string of the molecule is CCCN(CCN1CC(c2ccc3c(c2)OCO3)[C@H](C(=O)O)[C@H]1c1ccc(OC)cc1)S(=O)(=O)c1ccc(F)cc1. The zero-order valence-corrected chi connectivity index (χ0v) is 23.7. The van der Waals surface area contributed by atoms with E-state index in [1.807, 2.05) is 36.1 Å². The first-order chi connectivity index (χ1) is 19.7. The van der Waals surface area contributed by atoms with Crippen LogP contribution in [0.2, 0.25) is 0 Å². The zero-order chi connectivity index (χ0) is 29.1. The van der Waals surface area contributed by atoms with Gasteiger partial charge in [-0.25, -0.2) is 12.8 Å². The van der Waals surface area contributed by atoms with E-state index in [-0.39, 0.29) is 30.7 Å². The number of methoxy groups -OCH3 is 1. The molecule has 0 bridgehead atoms. The van der Waals surface area contributed by atoms with Crippen LogP contribution in [0.4, 0.5) is 4.39 Å². The number of hydrogen-bond donors (Lipinski definition) is 1. The van der Waals surface area contributed by atoms with Crippen LogP contribution in [0, 0.1) is 11.7 Å². The molecule has 5 rings (SSSR count). The molecule has 41 heavy (non-hydrogen) atoms. The fourth-order valence-electron chi connectivity index (χ4n) is 5.74. The van der Waals surface area contributed by atoms with Gasteiger partial charge < -0.3 is 19.3 Å². The summed E-state index contributed by atoms with van der Waals surface area (Å²) >= 11 is 0. The topological polar surface area (TPSA) is 106 Å². The number of carboxylic acids is 1. The molecular weight excluding hydrogens is 551 g/mol. The molecule has 0 aliphatic carbocycles. The van der Waals surface area contributed by atoms with Crippen LogP contribution in [-0.4, -0.2) is 68.8 Å². The lowest BCUT2D eigenvalue weighted by molar-refractivity contribution is -0.143. The molecule has 0 radical (unpaired) electrons. The number of likely N-dealkylation sites (tertiary alicyclic amines) is 1. The van der Waals surface area contributed by atoms with Gasteiger partial charge in [-0.05, 0) is 66.1 Å². The van der Waals surface area contributed by atoms with Crippen LogP contribution in [0.5, 0.6) is 17.2 Å². The molecule has 1 N–H and O–H groups in total. The van der Waals surface area contributed by atoms with Gasteiger partial charge in [-0.2, -0.15) is 4.31 Å². The van der Waals surface area contributed by atoms with E-state index >= 15 is 0 Å². The molecule has 3 aromatic rings. The minimum absolute atomic E-state index is 0.0159. The Balaban J connectivity index is 1.48.